The second-order valence-corrected chi connectivity index (χ2v) is 7.15. The number of rotatable bonds is 6. The van der Waals surface area contributed by atoms with Crippen molar-refractivity contribution in [1.29, 1.82) is 0 Å². The fourth-order valence-corrected chi connectivity index (χ4v) is 3.48. The zero-order valence-electron chi connectivity index (χ0n) is 16.6. The van der Waals surface area contributed by atoms with Gasteiger partial charge in [-0.3, -0.25) is 19.4 Å². The van der Waals surface area contributed by atoms with Gasteiger partial charge >= 0.3 is 5.69 Å². The van der Waals surface area contributed by atoms with Crippen LogP contribution in [0.25, 0.3) is 0 Å². The summed E-state index contributed by atoms with van der Waals surface area (Å²) in [7, 11) is 0. The lowest BCUT2D eigenvalue weighted by molar-refractivity contribution is 0.0889. The fourth-order valence-electron chi connectivity index (χ4n) is 3.48. The van der Waals surface area contributed by atoms with Gasteiger partial charge in [0.05, 0.1) is 6.61 Å². The van der Waals surface area contributed by atoms with Gasteiger partial charge in [0.2, 0.25) is 0 Å². The molecule has 1 aliphatic carbocycles. The van der Waals surface area contributed by atoms with E-state index in [1.807, 2.05) is 11.9 Å². The van der Waals surface area contributed by atoms with Crippen molar-refractivity contribution in [3.8, 4) is 5.75 Å². The van der Waals surface area contributed by atoms with Gasteiger partial charge in [0.15, 0.2) is 0 Å². The highest BCUT2D eigenvalue weighted by Crippen LogP contribution is 2.20. The molecule has 0 atom stereocenters. The zero-order chi connectivity index (χ0) is 21.7. The van der Waals surface area contributed by atoms with Crippen molar-refractivity contribution in [2.24, 2.45) is 0 Å². The number of aromatic amines is 2. The molecule has 160 valence electrons. The van der Waals surface area contributed by atoms with Gasteiger partial charge in [-0.05, 0) is 50.8 Å². The van der Waals surface area contributed by atoms with Gasteiger partial charge in [0, 0.05) is 17.6 Å². The Morgan fingerprint density at radius 2 is 1.70 bits per heavy atom. The number of H-pyrrole nitrogens is 2. The van der Waals surface area contributed by atoms with Crippen LogP contribution in [0.5, 0.6) is 5.75 Å². The predicted octanol–water partition coefficient (Wildman–Crippen LogP) is 0.515. The molecule has 1 heterocycles. The second kappa shape index (κ2) is 9.29. The van der Waals surface area contributed by atoms with Gasteiger partial charge in [-0.15, -0.1) is 0 Å². The molecule has 0 spiro atoms. The summed E-state index contributed by atoms with van der Waals surface area (Å²) in [6, 6.07) is 6.86. The third-order valence-corrected chi connectivity index (χ3v) is 5.01. The maximum absolute atomic E-state index is 12.5. The quantitative estimate of drug-likeness (QED) is 0.462. The summed E-state index contributed by atoms with van der Waals surface area (Å²) >= 11 is 0. The maximum atomic E-state index is 12.5. The number of anilines is 1. The molecule has 1 aliphatic rings. The van der Waals surface area contributed by atoms with Crippen molar-refractivity contribution in [2.45, 2.75) is 44.7 Å². The summed E-state index contributed by atoms with van der Waals surface area (Å²) in [5, 5.41) is 5.80. The van der Waals surface area contributed by atoms with E-state index in [9.17, 15) is 19.2 Å². The highest BCUT2D eigenvalue weighted by atomic mass is 16.5. The van der Waals surface area contributed by atoms with Gasteiger partial charge < -0.3 is 26.1 Å². The number of nitrogen functional groups attached to an aromatic ring is 1. The van der Waals surface area contributed by atoms with Crippen LogP contribution >= 0.6 is 0 Å². The van der Waals surface area contributed by atoms with Crippen LogP contribution in [-0.2, 0) is 0 Å². The summed E-state index contributed by atoms with van der Waals surface area (Å²) in [6.07, 6.45) is 2.65. The number of carbonyl (C=O) groups excluding carboxylic acids is 2. The first-order valence-corrected chi connectivity index (χ1v) is 9.84. The summed E-state index contributed by atoms with van der Waals surface area (Å²) in [4.78, 5) is 52.0. The van der Waals surface area contributed by atoms with E-state index in [0.717, 1.165) is 0 Å². The first-order chi connectivity index (χ1) is 14.4. The fraction of sp³-hybridized carbons (Fsp3) is 0.400. The third kappa shape index (κ3) is 5.07. The number of amides is 2. The Labute approximate surface area is 172 Å². The molecular formula is C20H25N5O5. The standard InChI is InChI=1S/C20H25N5O5/c1-2-30-14-5-3-4-11(10-14)17(26)22-12-6-8-13(9-7-12)23-19(28)16-15(21)18(27)25-20(29)24-16/h3-5,10,12-13H,2,6-9,21H2,1H3,(H,22,26)(H,23,28)(H2,24,25,27,29). The van der Waals surface area contributed by atoms with Crippen LogP contribution in [0.2, 0.25) is 0 Å². The average Bonchev–Trinajstić information content (AvgIpc) is 2.72. The molecule has 0 unspecified atom stereocenters. The molecule has 0 radical (unpaired) electrons. The molecule has 1 saturated carbocycles. The van der Waals surface area contributed by atoms with Gasteiger partial charge in [-0.2, -0.15) is 0 Å². The van der Waals surface area contributed by atoms with E-state index in [0.29, 0.717) is 43.6 Å². The van der Waals surface area contributed by atoms with Gasteiger partial charge in [-0.25, -0.2) is 4.79 Å². The first-order valence-electron chi connectivity index (χ1n) is 9.84. The number of benzene rings is 1. The highest BCUT2D eigenvalue weighted by molar-refractivity contribution is 5.97. The molecular weight excluding hydrogens is 390 g/mol. The van der Waals surface area contributed by atoms with Crippen LogP contribution in [0.1, 0.15) is 53.5 Å². The molecule has 6 N–H and O–H groups in total. The Bertz CT molecular complexity index is 1040. The number of hydrogen-bond donors (Lipinski definition) is 5. The van der Waals surface area contributed by atoms with Crippen LogP contribution in [0.15, 0.2) is 33.9 Å². The van der Waals surface area contributed by atoms with E-state index in [4.69, 9.17) is 10.5 Å². The molecule has 1 aromatic carbocycles. The summed E-state index contributed by atoms with van der Waals surface area (Å²) < 4.78 is 5.42. The molecule has 3 rings (SSSR count). The van der Waals surface area contributed by atoms with E-state index in [1.165, 1.54) is 0 Å². The molecule has 10 heteroatoms. The van der Waals surface area contributed by atoms with E-state index in [-0.39, 0.29) is 29.4 Å². The Morgan fingerprint density at radius 1 is 1.07 bits per heavy atom. The van der Waals surface area contributed by atoms with Crippen molar-refractivity contribution in [3.05, 3.63) is 56.4 Å². The van der Waals surface area contributed by atoms with Gasteiger partial charge in [0.1, 0.15) is 17.1 Å². The number of carbonyl (C=O) groups is 2. The average molecular weight is 415 g/mol. The molecule has 2 amide bonds. The van der Waals surface area contributed by atoms with Crippen LogP contribution in [0.4, 0.5) is 5.69 Å². The summed E-state index contributed by atoms with van der Waals surface area (Å²) in [5.74, 6) is -0.123. The third-order valence-electron chi connectivity index (χ3n) is 5.01. The molecule has 0 bridgehead atoms. The molecule has 1 aromatic heterocycles. The molecule has 0 aliphatic heterocycles. The van der Waals surface area contributed by atoms with Crippen LogP contribution in [0, 0.1) is 0 Å². The molecule has 0 saturated heterocycles. The molecule has 2 aromatic rings. The number of hydrogen-bond acceptors (Lipinski definition) is 6. The van der Waals surface area contributed by atoms with E-state index < -0.39 is 17.2 Å². The molecule has 1 fully saturated rings. The van der Waals surface area contributed by atoms with E-state index in [2.05, 4.69) is 15.6 Å². The highest BCUT2D eigenvalue weighted by Gasteiger charge is 2.25. The van der Waals surface area contributed by atoms with Crippen LogP contribution in [0.3, 0.4) is 0 Å². The smallest absolute Gasteiger partial charge is 0.326 e. The lowest BCUT2D eigenvalue weighted by atomic mass is 9.91. The predicted molar refractivity (Wildman–Crippen MR) is 111 cm³/mol. The zero-order valence-corrected chi connectivity index (χ0v) is 16.6. The Hall–Kier alpha value is -3.56. The second-order valence-electron chi connectivity index (χ2n) is 7.15. The lowest BCUT2D eigenvalue weighted by Crippen LogP contribution is -2.44. The van der Waals surface area contributed by atoms with Crippen LogP contribution < -0.4 is 32.4 Å². The summed E-state index contributed by atoms with van der Waals surface area (Å²) in [5.41, 5.74) is 3.95. The number of ether oxygens (including phenoxy) is 1. The lowest BCUT2D eigenvalue weighted by Gasteiger charge is -2.29. The largest absolute Gasteiger partial charge is 0.494 e. The molecule has 30 heavy (non-hydrogen) atoms. The molecule has 10 nitrogen and oxygen atoms in total. The Morgan fingerprint density at radius 3 is 2.33 bits per heavy atom. The van der Waals surface area contributed by atoms with Gasteiger partial charge in [0.25, 0.3) is 17.4 Å². The van der Waals surface area contributed by atoms with Crippen molar-refractivity contribution in [3.63, 3.8) is 0 Å². The normalized spacial score (nSPS) is 18.4. The number of nitrogens with two attached hydrogens (primary N) is 1. The Kier molecular flexibility index (Phi) is 6.55. The van der Waals surface area contributed by atoms with Gasteiger partial charge in [-0.1, -0.05) is 6.07 Å². The number of aromatic nitrogens is 2. The van der Waals surface area contributed by atoms with Crippen molar-refractivity contribution in [2.75, 3.05) is 12.3 Å². The van der Waals surface area contributed by atoms with E-state index in [1.54, 1.807) is 24.3 Å². The monoisotopic (exact) mass is 415 g/mol. The summed E-state index contributed by atoms with van der Waals surface area (Å²) in [6.45, 7) is 2.41. The topological polar surface area (TPSA) is 159 Å². The van der Waals surface area contributed by atoms with Crippen molar-refractivity contribution in [1.82, 2.24) is 20.6 Å². The maximum Gasteiger partial charge on any atom is 0.326 e. The van der Waals surface area contributed by atoms with Crippen LogP contribution in [-0.4, -0.2) is 40.5 Å². The van der Waals surface area contributed by atoms with Crippen molar-refractivity contribution < 1.29 is 14.3 Å². The number of nitrogens with one attached hydrogen (secondary N) is 4. The van der Waals surface area contributed by atoms with Crippen molar-refractivity contribution >= 4 is 17.5 Å². The van der Waals surface area contributed by atoms with E-state index >= 15 is 0 Å². The SMILES string of the molecule is CCOc1cccc(C(=O)NC2CCC(NC(=O)c3[nH]c(=O)[nH]c(=O)c3N)CC2)c1. The minimum atomic E-state index is -0.802. The minimum absolute atomic E-state index is 0.00847. The minimum Gasteiger partial charge on any atom is -0.494 e. The first kappa shape index (κ1) is 21.2. The Balaban J connectivity index is 1.53.